The molecule has 0 fully saturated rings. The minimum atomic E-state index is -1.11. The Kier molecular flexibility index (Phi) is 14.5. The molecule has 0 aromatic heterocycles. The topological polar surface area (TPSA) is 102 Å². The average molecular weight is 500 g/mol. The van der Waals surface area contributed by atoms with E-state index in [0.717, 1.165) is 24.0 Å². The first-order valence-electron chi connectivity index (χ1n) is 12.7. The second-order valence-corrected chi connectivity index (χ2v) is 9.48. The predicted octanol–water partition coefficient (Wildman–Crippen LogP) is 5.56. The number of aliphatic hydroxyl groups excluding tert-OH is 2. The Hall–Kier alpha value is -2.83. The van der Waals surface area contributed by atoms with Crippen LogP contribution in [-0.2, 0) is 14.3 Å². The van der Waals surface area contributed by atoms with E-state index in [-0.39, 0.29) is 23.7 Å². The monoisotopic (exact) mass is 499 g/mol. The lowest BCUT2D eigenvalue weighted by atomic mass is 9.95. The summed E-state index contributed by atoms with van der Waals surface area (Å²) in [6.45, 7) is 15.1. The van der Waals surface area contributed by atoms with Gasteiger partial charge in [-0.15, -0.1) is 0 Å². The van der Waals surface area contributed by atoms with Gasteiger partial charge in [-0.25, -0.2) is 0 Å². The standard InChI is InChI=1S/C30H45NO5/c1-21-15-11-7-10-14-18-28(36-26(6)31)30(34)27(33)17-13-9-8-12-16-24(4)35-29(19-21)23(3)20-22(2)25(5)32/h7,11-13,15-17,20,23,27-30,33-34H,4,6,8-10,14,18-19,31H2,1-3,5H3/b11-7+,16-12+,17-13+,21-15+,22-20+. The van der Waals surface area contributed by atoms with Crippen molar-refractivity contribution in [2.45, 2.75) is 90.6 Å². The number of hydrogen-bond acceptors (Lipinski definition) is 6. The summed E-state index contributed by atoms with van der Waals surface area (Å²) >= 11 is 0. The van der Waals surface area contributed by atoms with Gasteiger partial charge in [-0.2, -0.15) is 0 Å². The van der Waals surface area contributed by atoms with E-state index in [1.807, 2.05) is 37.3 Å². The molecule has 0 aromatic carbocycles. The summed E-state index contributed by atoms with van der Waals surface area (Å²) in [5, 5.41) is 20.9. The molecule has 0 aliphatic carbocycles. The van der Waals surface area contributed by atoms with Crippen LogP contribution in [0.1, 0.15) is 66.2 Å². The maximum atomic E-state index is 11.7. The zero-order chi connectivity index (χ0) is 27.1. The van der Waals surface area contributed by atoms with Crippen LogP contribution in [0, 0.1) is 5.92 Å². The number of ether oxygens (including phenoxy) is 2. The molecule has 0 amide bonds. The van der Waals surface area contributed by atoms with Crippen molar-refractivity contribution in [3.05, 3.63) is 84.6 Å². The molecule has 1 rings (SSSR count). The number of hydrogen-bond donors (Lipinski definition) is 3. The number of carbonyl (C=O) groups is 1. The Bertz CT molecular complexity index is 880. The first-order valence-corrected chi connectivity index (χ1v) is 12.7. The largest absolute Gasteiger partial charge is 0.490 e. The fourth-order valence-corrected chi connectivity index (χ4v) is 3.81. The summed E-state index contributed by atoms with van der Waals surface area (Å²) in [7, 11) is 0. The zero-order valence-corrected chi connectivity index (χ0v) is 22.4. The third-order valence-corrected chi connectivity index (χ3v) is 6.03. The highest BCUT2D eigenvalue weighted by molar-refractivity contribution is 5.92. The Labute approximate surface area is 217 Å². The van der Waals surface area contributed by atoms with Crippen molar-refractivity contribution in [1.29, 1.82) is 0 Å². The summed E-state index contributed by atoms with van der Waals surface area (Å²) in [6.07, 6.45) is 16.4. The molecule has 0 saturated heterocycles. The summed E-state index contributed by atoms with van der Waals surface area (Å²) in [5.41, 5.74) is 7.46. The van der Waals surface area contributed by atoms with E-state index < -0.39 is 18.3 Å². The Morgan fingerprint density at radius 1 is 1.22 bits per heavy atom. The number of carbonyl (C=O) groups excluding carboxylic acids is 1. The summed E-state index contributed by atoms with van der Waals surface area (Å²) in [6, 6.07) is 0. The van der Waals surface area contributed by atoms with Gasteiger partial charge in [0.2, 0.25) is 0 Å². The number of Topliss-reactive ketones (excluding diaryl/α,β-unsaturated/α-hetero) is 1. The molecular weight excluding hydrogens is 454 g/mol. The van der Waals surface area contributed by atoms with Crippen molar-refractivity contribution in [2.75, 3.05) is 0 Å². The van der Waals surface area contributed by atoms with Gasteiger partial charge in [0.15, 0.2) is 11.7 Å². The van der Waals surface area contributed by atoms with E-state index in [1.54, 1.807) is 13.0 Å². The summed E-state index contributed by atoms with van der Waals surface area (Å²) in [4.78, 5) is 11.7. The van der Waals surface area contributed by atoms with Crippen molar-refractivity contribution in [3.63, 3.8) is 0 Å². The van der Waals surface area contributed by atoms with E-state index >= 15 is 0 Å². The highest BCUT2D eigenvalue weighted by Gasteiger charge is 2.26. The van der Waals surface area contributed by atoms with Crippen LogP contribution >= 0.6 is 0 Å². The van der Waals surface area contributed by atoms with E-state index in [2.05, 4.69) is 39.2 Å². The molecule has 1 aliphatic heterocycles. The second-order valence-electron chi connectivity index (χ2n) is 9.48. The average Bonchev–Trinajstić information content (AvgIpc) is 2.80. The number of allylic oxidation sites excluding steroid dienone is 7. The van der Waals surface area contributed by atoms with Gasteiger partial charge in [-0.3, -0.25) is 4.79 Å². The first-order chi connectivity index (χ1) is 17.0. The van der Waals surface area contributed by atoms with Crippen LogP contribution in [0.5, 0.6) is 0 Å². The Morgan fingerprint density at radius 2 is 1.92 bits per heavy atom. The minimum absolute atomic E-state index is 0.0171. The van der Waals surface area contributed by atoms with Gasteiger partial charge in [-0.05, 0) is 71.1 Å². The summed E-state index contributed by atoms with van der Waals surface area (Å²) in [5.74, 6) is 0.648. The molecule has 1 heterocycles. The lowest BCUT2D eigenvalue weighted by molar-refractivity contribution is -0.113. The van der Waals surface area contributed by atoms with E-state index in [4.69, 9.17) is 15.2 Å². The molecule has 0 saturated carbocycles. The molecule has 6 heteroatoms. The van der Waals surface area contributed by atoms with E-state index in [9.17, 15) is 15.0 Å². The molecule has 0 spiro atoms. The number of ketones is 1. The van der Waals surface area contributed by atoms with Crippen LogP contribution in [0.4, 0.5) is 0 Å². The molecule has 0 radical (unpaired) electrons. The van der Waals surface area contributed by atoms with E-state index in [0.29, 0.717) is 31.4 Å². The molecule has 5 unspecified atom stereocenters. The van der Waals surface area contributed by atoms with Crippen LogP contribution in [0.2, 0.25) is 0 Å². The van der Waals surface area contributed by atoms with Gasteiger partial charge in [0.25, 0.3) is 0 Å². The van der Waals surface area contributed by atoms with Gasteiger partial charge < -0.3 is 25.4 Å². The zero-order valence-electron chi connectivity index (χ0n) is 22.4. The Balaban J connectivity index is 3.08. The van der Waals surface area contributed by atoms with Gasteiger partial charge in [-0.1, -0.05) is 61.6 Å². The fraction of sp³-hybridized carbons (Fsp3) is 0.500. The number of nitrogens with two attached hydrogens (primary N) is 1. The molecule has 0 aromatic rings. The van der Waals surface area contributed by atoms with Crippen molar-refractivity contribution < 1.29 is 24.5 Å². The van der Waals surface area contributed by atoms with Crippen LogP contribution in [0.3, 0.4) is 0 Å². The number of rotatable bonds is 5. The fourth-order valence-electron chi connectivity index (χ4n) is 3.81. The van der Waals surface area contributed by atoms with Crippen LogP contribution in [0.15, 0.2) is 84.6 Å². The highest BCUT2D eigenvalue weighted by Crippen LogP contribution is 2.23. The summed E-state index contributed by atoms with van der Waals surface area (Å²) < 4.78 is 11.7. The van der Waals surface area contributed by atoms with Crippen molar-refractivity contribution in [3.8, 4) is 0 Å². The molecule has 6 nitrogen and oxygen atoms in total. The van der Waals surface area contributed by atoms with Gasteiger partial charge >= 0.3 is 0 Å². The molecule has 200 valence electrons. The van der Waals surface area contributed by atoms with Crippen LogP contribution in [0.25, 0.3) is 0 Å². The molecule has 5 atom stereocenters. The van der Waals surface area contributed by atoms with Crippen LogP contribution < -0.4 is 5.73 Å². The first kappa shape index (κ1) is 31.2. The molecule has 0 bridgehead atoms. The lowest BCUT2D eigenvalue weighted by Crippen LogP contribution is -2.38. The lowest BCUT2D eigenvalue weighted by Gasteiger charge is -2.26. The normalized spacial score (nSPS) is 30.6. The van der Waals surface area contributed by atoms with Crippen LogP contribution in [-0.4, -0.2) is 40.4 Å². The Morgan fingerprint density at radius 3 is 2.58 bits per heavy atom. The predicted molar refractivity (Wildman–Crippen MR) is 147 cm³/mol. The third kappa shape index (κ3) is 12.8. The van der Waals surface area contributed by atoms with Crippen molar-refractivity contribution >= 4 is 5.78 Å². The molecule has 1 aliphatic rings. The second kappa shape index (κ2) is 16.8. The van der Waals surface area contributed by atoms with Gasteiger partial charge in [0, 0.05) is 12.3 Å². The SMILES string of the molecule is C=C(N)OC1CCC/C=C/C=C(\C)CC(C(C)/C=C(\C)C(C)=O)OC(=C)/C=C/CC/C=C/C(O)C1O. The smallest absolute Gasteiger partial charge is 0.177 e. The maximum Gasteiger partial charge on any atom is 0.177 e. The minimum Gasteiger partial charge on any atom is -0.490 e. The maximum absolute atomic E-state index is 11.7. The van der Waals surface area contributed by atoms with Crippen molar-refractivity contribution in [2.24, 2.45) is 11.7 Å². The van der Waals surface area contributed by atoms with Gasteiger partial charge in [0.1, 0.15) is 30.2 Å². The molecule has 36 heavy (non-hydrogen) atoms. The molecular formula is C30H45NO5. The third-order valence-electron chi connectivity index (χ3n) is 6.03. The van der Waals surface area contributed by atoms with E-state index in [1.165, 1.54) is 0 Å². The quantitative estimate of drug-likeness (QED) is 0.260. The molecule has 4 N–H and O–H groups in total. The number of aliphatic hydroxyl groups is 2. The van der Waals surface area contributed by atoms with Gasteiger partial charge in [0.05, 0.1) is 0 Å². The van der Waals surface area contributed by atoms with Crippen molar-refractivity contribution in [1.82, 2.24) is 0 Å². The highest BCUT2D eigenvalue weighted by atomic mass is 16.5.